The zero-order valence-electron chi connectivity index (χ0n) is 26.9. The van der Waals surface area contributed by atoms with Gasteiger partial charge >= 0.3 is 0 Å². The predicted molar refractivity (Wildman–Crippen MR) is 192 cm³/mol. The van der Waals surface area contributed by atoms with Gasteiger partial charge in [-0.25, -0.2) is 4.98 Å². The van der Waals surface area contributed by atoms with Gasteiger partial charge in [-0.3, -0.25) is 4.57 Å². The highest BCUT2D eigenvalue weighted by Gasteiger charge is 2.17. The fourth-order valence-electron chi connectivity index (χ4n) is 7.39. The normalized spacial score (nSPS) is 14.9. The van der Waals surface area contributed by atoms with Crippen molar-refractivity contribution in [1.29, 1.82) is 0 Å². The second kappa shape index (κ2) is 11.5. The molecule has 0 N–H and O–H groups in total. The van der Waals surface area contributed by atoms with Crippen molar-refractivity contribution in [2.24, 2.45) is 0 Å². The summed E-state index contributed by atoms with van der Waals surface area (Å²) in [5.41, 5.74) is 10.8. The molecular formula is C42H33N3O4. The van der Waals surface area contributed by atoms with Crippen molar-refractivity contribution in [2.45, 2.75) is 32.8 Å². The van der Waals surface area contributed by atoms with Crippen molar-refractivity contribution in [3.05, 3.63) is 138 Å². The van der Waals surface area contributed by atoms with Crippen molar-refractivity contribution in [3.63, 3.8) is 0 Å². The Labute approximate surface area is 282 Å². The maximum absolute atomic E-state index is 6.38. The lowest BCUT2D eigenvalue weighted by molar-refractivity contribution is 0.107. The summed E-state index contributed by atoms with van der Waals surface area (Å²) in [6.07, 6.45) is 2.71. The summed E-state index contributed by atoms with van der Waals surface area (Å²) < 4.78 is 29.5. The van der Waals surface area contributed by atoms with E-state index in [0.717, 1.165) is 84.5 Å². The van der Waals surface area contributed by atoms with Crippen LogP contribution in [0.15, 0.2) is 115 Å². The number of pyridine rings is 1. The number of hydrogen-bond acceptors (Lipinski definition) is 5. The molecule has 21 rings (SSSR count). The fourth-order valence-corrected chi connectivity index (χ4v) is 7.39. The molecule has 240 valence electrons. The second-order valence-electron chi connectivity index (χ2n) is 13.0. The van der Waals surface area contributed by atoms with Gasteiger partial charge in [-0.05, 0) is 113 Å². The highest BCUT2D eigenvalue weighted by Crippen LogP contribution is 2.36. The van der Waals surface area contributed by atoms with Crippen molar-refractivity contribution < 1.29 is 18.9 Å². The Bertz CT molecular complexity index is 2230. The molecule has 13 aliphatic rings. The van der Waals surface area contributed by atoms with Crippen LogP contribution in [0.2, 0.25) is 0 Å². The first kappa shape index (κ1) is 28.4. The van der Waals surface area contributed by atoms with Gasteiger partial charge in [0.25, 0.3) is 0 Å². The zero-order valence-corrected chi connectivity index (χ0v) is 26.9. The van der Waals surface area contributed by atoms with Crippen molar-refractivity contribution >= 4 is 43.7 Å². The average Bonchev–Trinajstić information content (AvgIpc) is 3.63. The molecule has 49 heavy (non-hydrogen) atoms. The molecule has 0 fully saturated rings. The van der Waals surface area contributed by atoms with Gasteiger partial charge in [0, 0.05) is 45.5 Å². The maximum atomic E-state index is 6.38. The number of hydrogen-bond donors (Lipinski definition) is 0. The first-order chi connectivity index (χ1) is 24.2. The van der Waals surface area contributed by atoms with Gasteiger partial charge in [0.05, 0.1) is 56.2 Å². The molecule has 8 aromatic rings. The lowest BCUT2D eigenvalue weighted by Crippen LogP contribution is -2.05. The van der Waals surface area contributed by atoms with E-state index in [2.05, 4.69) is 94.1 Å². The number of nitrogens with zero attached hydrogens (tertiary/aromatic N) is 3. The third-order valence-electron chi connectivity index (χ3n) is 9.71. The van der Waals surface area contributed by atoms with Crippen molar-refractivity contribution in [3.8, 4) is 22.9 Å². The van der Waals surface area contributed by atoms with E-state index in [1.54, 1.807) is 0 Å². The van der Waals surface area contributed by atoms with Crippen LogP contribution in [-0.4, -0.2) is 27.3 Å². The highest BCUT2D eigenvalue weighted by atomic mass is 16.5. The summed E-state index contributed by atoms with van der Waals surface area (Å²) in [4.78, 5) is 5.01. The molecule has 0 atom stereocenters. The lowest BCUT2D eigenvalue weighted by Gasteiger charge is -2.12. The van der Waals surface area contributed by atoms with Crippen LogP contribution in [0.25, 0.3) is 55.1 Å². The summed E-state index contributed by atoms with van der Waals surface area (Å²) in [6.45, 7) is 3.11. The first-order valence-electron chi connectivity index (χ1n) is 16.9. The molecule has 16 heterocycles. The molecule has 5 aromatic carbocycles. The minimum absolute atomic E-state index is 0.461. The van der Waals surface area contributed by atoms with E-state index in [-0.39, 0.29) is 0 Å². The number of aromatic nitrogens is 3. The minimum atomic E-state index is 0.461. The van der Waals surface area contributed by atoms with Crippen LogP contribution >= 0.6 is 0 Å². The Hall–Kier alpha value is -5.63. The van der Waals surface area contributed by atoms with E-state index >= 15 is 0 Å². The monoisotopic (exact) mass is 643 g/mol. The summed E-state index contributed by atoms with van der Waals surface area (Å²) >= 11 is 0. The van der Waals surface area contributed by atoms with Crippen LogP contribution < -0.4 is 9.47 Å². The number of ether oxygens (including phenoxy) is 4. The summed E-state index contributed by atoms with van der Waals surface area (Å²) in [5.74, 6) is 1.67. The number of benzene rings is 5. The molecule has 0 radical (unpaired) electrons. The van der Waals surface area contributed by atoms with Crippen LogP contribution in [0.5, 0.6) is 11.5 Å². The smallest absolute Gasteiger partial charge is 0.145 e. The van der Waals surface area contributed by atoms with Gasteiger partial charge in [-0.1, -0.05) is 18.2 Å². The van der Waals surface area contributed by atoms with E-state index < -0.39 is 0 Å². The molecule has 18 bridgehead atoms. The Morgan fingerprint density at radius 2 is 0.898 bits per heavy atom. The van der Waals surface area contributed by atoms with Crippen LogP contribution in [0.3, 0.4) is 0 Å². The van der Waals surface area contributed by atoms with Gasteiger partial charge in [-0.15, -0.1) is 0 Å². The van der Waals surface area contributed by atoms with Crippen LogP contribution in [0.1, 0.15) is 28.7 Å². The SMILES string of the molecule is c1cc2c3cc1COCc1ccc4c(c1)c1cc5cnc1n4-c1ccc(cc1)OCCCOc1ccc(cc1)-n2c1ccc(cc31)COC5. The molecule has 13 aliphatic heterocycles. The van der Waals surface area contributed by atoms with E-state index in [4.69, 9.17) is 23.9 Å². The van der Waals surface area contributed by atoms with Gasteiger partial charge in [0.1, 0.15) is 17.1 Å². The molecule has 0 saturated heterocycles. The second-order valence-corrected chi connectivity index (χ2v) is 13.0. The van der Waals surface area contributed by atoms with Crippen LogP contribution in [0, 0.1) is 0 Å². The molecule has 0 unspecified atom stereocenters. The molecule has 7 heteroatoms. The topological polar surface area (TPSA) is 59.7 Å². The van der Waals surface area contributed by atoms with Gasteiger partial charge in [0.15, 0.2) is 0 Å². The maximum Gasteiger partial charge on any atom is 0.145 e. The fraction of sp³-hybridized carbons (Fsp3) is 0.167. The molecular weight excluding hydrogens is 610 g/mol. The van der Waals surface area contributed by atoms with Crippen molar-refractivity contribution in [2.75, 3.05) is 13.2 Å². The Kier molecular flexibility index (Phi) is 6.67. The Morgan fingerprint density at radius 3 is 1.45 bits per heavy atom. The number of rotatable bonds is 0. The molecule has 0 saturated carbocycles. The van der Waals surface area contributed by atoms with E-state index in [9.17, 15) is 0 Å². The minimum Gasteiger partial charge on any atom is -0.493 e. The quantitative estimate of drug-likeness (QED) is 0.165. The Morgan fingerprint density at radius 1 is 0.449 bits per heavy atom. The third kappa shape index (κ3) is 4.93. The standard InChI is InChI=1S/C42H33N3O4/c1-16-48-33-9-5-31(6-10-33)44-39-13-2-27-18-35(39)36-19-28(3-14-40(36)44)25-47-26-30-21-38-37-20-29(24-46-23-27)4-15-41(37)45(42(38)43-22-30)32-7-11-34(12-8-32)49-17-1/h2-15,18-22H,1,16-17,23-26H2. The van der Waals surface area contributed by atoms with Crippen LogP contribution in [0.4, 0.5) is 0 Å². The zero-order chi connectivity index (χ0) is 32.3. The molecule has 3 aromatic heterocycles. The lowest BCUT2D eigenvalue weighted by atomic mass is 10.1. The van der Waals surface area contributed by atoms with Crippen LogP contribution in [-0.2, 0) is 35.9 Å². The van der Waals surface area contributed by atoms with Crippen molar-refractivity contribution in [1.82, 2.24) is 14.1 Å². The molecule has 0 amide bonds. The largest absolute Gasteiger partial charge is 0.493 e. The summed E-state index contributed by atoms with van der Waals surface area (Å²) in [5, 5.41) is 4.61. The highest BCUT2D eigenvalue weighted by molar-refractivity contribution is 6.10. The van der Waals surface area contributed by atoms with Gasteiger partial charge in [-0.2, -0.15) is 0 Å². The first-order valence-corrected chi connectivity index (χ1v) is 16.9. The average molecular weight is 644 g/mol. The summed E-state index contributed by atoms with van der Waals surface area (Å²) in [7, 11) is 0. The third-order valence-corrected chi connectivity index (χ3v) is 9.71. The van der Waals surface area contributed by atoms with Gasteiger partial charge < -0.3 is 23.5 Å². The molecule has 7 nitrogen and oxygen atoms in total. The van der Waals surface area contributed by atoms with E-state index in [1.165, 1.54) is 10.8 Å². The van der Waals surface area contributed by atoms with E-state index in [0.29, 0.717) is 39.6 Å². The summed E-state index contributed by atoms with van der Waals surface area (Å²) in [6, 6.07) is 38.7. The Balaban J connectivity index is 1.16. The van der Waals surface area contributed by atoms with E-state index in [1.807, 2.05) is 30.5 Å². The molecule has 0 aliphatic carbocycles. The predicted octanol–water partition coefficient (Wildman–Crippen LogP) is 9.18. The molecule has 0 spiro atoms. The van der Waals surface area contributed by atoms with Gasteiger partial charge in [0.2, 0.25) is 0 Å².